The van der Waals surface area contributed by atoms with E-state index in [0.29, 0.717) is 159 Å². The highest BCUT2D eigenvalue weighted by Gasteiger charge is 2.55. The Morgan fingerprint density at radius 3 is 1.30 bits per heavy atom. The fourth-order valence-electron chi connectivity index (χ4n) is 12.6. The Morgan fingerprint density at radius 2 is 0.869 bits per heavy atom. The van der Waals surface area contributed by atoms with Crippen LogP contribution in [0.4, 0.5) is 22.7 Å². The van der Waals surface area contributed by atoms with Crippen LogP contribution < -0.4 is 39.7 Å². The molecular weight excluding hydrogens is 1260 g/mol. The number of ketones is 1. The van der Waals surface area contributed by atoms with Crippen LogP contribution in [-0.2, 0) is 53.9 Å². The van der Waals surface area contributed by atoms with Crippen LogP contribution in [0.1, 0.15) is 160 Å². The minimum Gasteiger partial charge on any atom is -0.462 e. The summed E-state index contributed by atoms with van der Waals surface area (Å²) >= 11 is 0. The Labute approximate surface area is 581 Å². The fraction of sp³-hybridized carbons (Fsp3) is 0.436. The number of rotatable bonds is 29. The number of hydrogen-bond donors (Lipinski definition) is 2. The number of fused-ring (bicyclic) bond motifs is 12. The maximum absolute atomic E-state index is 13.6. The molecule has 528 valence electrons. The van der Waals surface area contributed by atoms with Gasteiger partial charge in [0.05, 0.1) is 57.4 Å². The van der Waals surface area contributed by atoms with Crippen LogP contribution in [0.25, 0.3) is 0 Å². The minimum atomic E-state index is -1.25. The van der Waals surface area contributed by atoms with Gasteiger partial charge in [-0.2, -0.15) is 0 Å². The van der Waals surface area contributed by atoms with Crippen LogP contribution in [0.15, 0.2) is 121 Å². The number of hydrogen-bond acceptors (Lipinski definition) is 19. The molecule has 11 rings (SSSR count). The van der Waals surface area contributed by atoms with Crippen molar-refractivity contribution in [1.82, 2.24) is 10.6 Å². The first-order valence-electron chi connectivity index (χ1n) is 33.9. The van der Waals surface area contributed by atoms with Crippen molar-refractivity contribution in [2.24, 2.45) is 0 Å². The number of nitrogens with zero attached hydrogens (tertiary/aromatic N) is 4. The molecule has 4 aliphatic heterocycles. The number of amides is 2. The molecule has 0 radical (unpaired) electrons. The van der Waals surface area contributed by atoms with Gasteiger partial charge in [0.2, 0.25) is 0 Å². The third-order valence-electron chi connectivity index (χ3n) is 17.9. The van der Waals surface area contributed by atoms with Crippen LogP contribution in [0.5, 0.6) is 23.0 Å². The monoisotopic (exact) mass is 1360 g/mol. The van der Waals surface area contributed by atoms with Gasteiger partial charge in [0, 0.05) is 187 Å². The van der Waals surface area contributed by atoms with E-state index in [0.717, 1.165) is 72.4 Å². The number of carbonyl (C=O) groups excluding carboxylic acids is 6. The Hall–Kier alpha value is -9.28. The Morgan fingerprint density at radius 1 is 0.465 bits per heavy atom. The summed E-state index contributed by atoms with van der Waals surface area (Å²) in [6, 6.07) is 33.8. The molecule has 21 heteroatoms. The second kappa shape index (κ2) is 34.0. The van der Waals surface area contributed by atoms with Gasteiger partial charge in [0.15, 0.2) is 11.2 Å². The summed E-state index contributed by atoms with van der Waals surface area (Å²) < 4.78 is 53.2. The molecule has 0 fully saturated rings. The van der Waals surface area contributed by atoms with E-state index in [2.05, 4.69) is 22.8 Å². The van der Waals surface area contributed by atoms with Crippen LogP contribution in [0.3, 0.4) is 0 Å². The van der Waals surface area contributed by atoms with Crippen molar-refractivity contribution in [3.8, 4) is 23.0 Å². The summed E-state index contributed by atoms with van der Waals surface area (Å²) in [6.45, 7) is 6.13. The van der Waals surface area contributed by atoms with Gasteiger partial charge in [-0.15, -0.1) is 0 Å². The third kappa shape index (κ3) is 17.1. The zero-order valence-corrected chi connectivity index (χ0v) is 57.9. The number of esters is 3. The molecular formula is C78H96N6O15. The second-order valence-corrected chi connectivity index (χ2v) is 25.7. The number of allylic oxidation sites excluding steroid dienone is 2. The number of nitrogens with one attached hydrogen (secondary N) is 2. The topological polar surface area (TPSA) is 223 Å². The van der Waals surface area contributed by atoms with E-state index in [9.17, 15) is 28.8 Å². The molecule has 2 N–H and O–H groups in total. The van der Waals surface area contributed by atoms with E-state index >= 15 is 0 Å². The molecule has 6 aromatic rings. The molecule has 2 spiro atoms. The van der Waals surface area contributed by atoms with E-state index in [1.807, 2.05) is 162 Å². The van der Waals surface area contributed by atoms with E-state index in [1.165, 1.54) is 0 Å². The Bertz CT molecular complexity index is 3780. The van der Waals surface area contributed by atoms with Crippen molar-refractivity contribution >= 4 is 58.3 Å². The molecule has 4 heterocycles. The average molecular weight is 1360 g/mol. The number of anilines is 4. The van der Waals surface area contributed by atoms with Crippen molar-refractivity contribution in [2.45, 2.75) is 102 Å². The molecule has 99 heavy (non-hydrogen) atoms. The average Bonchev–Trinajstić information content (AvgIpc) is 1.63. The lowest BCUT2D eigenvalue weighted by molar-refractivity contribution is -0.150. The smallest absolute Gasteiger partial charge is 0.340 e. The van der Waals surface area contributed by atoms with Gasteiger partial charge >= 0.3 is 17.9 Å². The number of Topliss-reactive ketones (excluding diaryl/α,β-unsaturated/α-hetero) is 1. The predicted octanol–water partition coefficient (Wildman–Crippen LogP) is 12.3. The highest BCUT2D eigenvalue weighted by molar-refractivity contribution is 6.03. The van der Waals surface area contributed by atoms with Gasteiger partial charge in [-0.1, -0.05) is 38.6 Å². The largest absolute Gasteiger partial charge is 0.462 e. The van der Waals surface area contributed by atoms with Gasteiger partial charge in [-0.3, -0.25) is 19.2 Å². The predicted molar refractivity (Wildman–Crippen MR) is 382 cm³/mol. The molecule has 0 bridgehead atoms. The Kier molecular flexibility index (Phi) is 25.4. The quantitative estimate of drug-likeness (QED) is 0.0193. The molecule has 1 unspecified atom stereocenters. The number of ether oxygens (including phenoxy) is 9. The molecule has 1 atom stereocenters. The Balaban J connectivity index is 0.000000267. The molecule has 1 aliphatic carbocycles. The maximum Gasteiger partial charge on any atom is 0.340 e. The highest BCUT2D eigenvalue weighted by Crippen LogP contribution is 2.59. The van der Waals surface area contributed by atoms with E-state index in [4.69, 9.17) is 42.6 Å². The lowest BCUT2D eigenvalue weighted by Crippen LogP contribution is -2.33. The van der Waals surface area contributed by atoms with Crippen LogP contribution in [0.2, 0.25) is 0 Å². The first-order valence-corrected chi connectivity index (χ1v) is 33.9. The van der Waals surface area contributed by atoms with E-state index < -0.39 is 23.1 Å². The molecule has 0 saturated heterocycles. The summed E-state index contributed by atoms with van der Waals surface area (Å²) in [6.07, 6.45) is 12.2. The van der Waals surface area contributed by atoms with Crippen molar-refractivity contribution < 1.29 is 71.4 Å². The highest BCUT2D eigenvalue weighted by atomic mass is 16.6. The molecule has 0 saturated carbocycles. The van der Waals surface area contributed by atoms with Crippen LogP contribution in [0, 0.1) is 0 Å². The number of carbonyl (C=O) groups is 6. The van der Waals surface area contributed by atoms with Crippen LogP contribution in [-0.4, -0.2) is 164 Å². The van der Waals surface area contributed by atoms with Crippen molar-refractivity contribution in [3.05, 3.63) is 177 Å². The fourth-order valence-corrected chi connectivity index (χ4v) is 12.6. The second-order valence-electron chi connectivity index (χ2n) is 25.7. The van der Waals surface area contributed by atoms with Crippen molar-refractivity contribution in [3.63, 3.8) is 0 Å². The molecule has 5 aliphatic rings. The lowest BCUT2D eigenvalue weighted by Gasteiger charge is -2.37. The van der Waals surface area contributed by atoms with Gasteiger partial charge in [0.25, 0.3) is 11.8 Å². The summed E-state index contributed by atoms with van der Waals surface area (Å²) in [4.78, 5) is 85.3. The van der Waals surface area contributed by atoms with E-state index in [-0.39, 0.29) is 43.5 Å². The summed E-state index contributed by atoms with van der Waals surface area (Å²) in [7, 11) is 15.7. The molecule has 0 aromatic heterocycles. The minimum absolute atomic E-state index is 0. The van der Waals surface area contributed by atoms with Gasteiger partial charge in [-0.25, -0.2) is 9.59 Å². The van der Waals surface area contributed by atoms with Gasteiger partial charge < -0.3 is 72.9 Å². The molecule has 2 amide bonds. The SMILES string of the molecule is C.CCCNC(=O)c1ccc2c(c1)C(=O)OC21c2ccc(N(C)C)cc2Oc2cc(N(C)C)ccc21.CN(C)c1ccc2c(c1)Oc1cc(N(C)C)ccc1C21OC(=O)c2cc(C(=O)NCCCC(=O)CCOCCOCCOCCOCCCC(=O)OC3CC/C=C/CCC3)ccc21. The summed E-state index contributed by atoms with van der Waals surface area (Å²) in [5.41, 5.74) is 7.11. The van der Waals surface area contributed by atoms with Crippen molar-refractivity contribution in [2.75, 3.05) is 142 Å². The lowest BCUT2D eigenvalue weighted by atomic mass is 9.77. The summed E-state index contributed by atoms with van der Waals surface area (Å²) in [5, 5.41) is 5.75. The molecule has 6 aromatic carbocycles. The van der Waals surface area contributed by atoms with Gasteiger partial charge in [0.1, 0.15) is 34.9 Å². The zero-order valence-electron chi connectivity index (χ0n) is 57.9. The van der Waals surface area contributed by atoms with E-state index in [1.54, 1.807) is 30.3 Å². The first kappa shape index (κ1) is 74.0. The van der Waals surface area contributed by atoms with Crippen molar-refractivity contribution in [1.29, 1.82) is 0 Å². The first-order chi connectivity index (χ1) is 47.3. The summed E-state index contributed by atoms with van der Waals surface area (Å²) in [5.74, 6) is 0.783. The van der Waals surface area contributed by atoms with Crippen LogP contribution >= 0.6 is 0 Å². The third-order valence-corrected chi connectivity index (χ3v) is 17.9. The normalized spacial score (nSPS) is 15.5. The maximum atomic E-state index is 13.6. The standard InChI is InChI=1S/C49H63N3O11.C28H29N3O4.CH4/c1-51(2)36-17-20-42-44(33-36)62-45-34-37(52(3)4)18-21-43(45)49(42)41-19-16-35(32-40(41)48(56)63-49)47(55)50-23-10-12-38(53)22-25-58-27-29-60-31-30-59-28-26-57-24-11-15-46(54)61-39-13-8-6-5-7-9-14-39;1-6-13-29-26(32)17-7-10-21-20(14-17)27(33)35-28(21)22-11-8-18(30(2)3)15-24(22)34-25-16-19(31(4)5)9-12-23(25)28;/h5-6,16-21,32-34,39H,7-15,22-31H2,1-4H3,(H,50,55);7-12,14-16H,6,13H2,1-5H3,(H,29,32);1H4/b6-5+;;. The van der Waals surface area contributed by atoms with Gasteiger partial charge in [-0.05, 0) is 124 Å². The zero-order chi connectivity index (χ0) is 69.5. The number of benzene rings is 6. The molecule has 21 nitrogen and oxygen atoms in total.